The van der Waals surface area contributed by atoms with Crippen LogP contribution < -0.4 is 10.6 Å². The number of nitrogens with one attached hydrogen (secondary N) is 2. The van der Waals surface area contributed by atoms with E-state index in [1.165, 1.54) is 31.0 Å². The van der Waals surface area contributed by atoms with Crippen molar-refractivity contribution in [1.29, 1.82) is 0 Å². The van der Waals surface area contributed by atoms with Crippen molar-refractivity contribution in [2.45, 2.75) is 56.6 Å². The molecule has 2 rings (SSSR count). The summed E-state index contributed by atoms with van der Waals surface area (Å²) in [6, 6.07) is -0.0320. The van der Waals surface area contributed by atoms with Gasteiger partial charge in [-0.2, -0.15) is 23.5 Å². The van der Waals surface area contributed by atoms with Crippen LogP contribution in [0.5, 0.6) is 0 Å². The molecule has 2 aliphatic rings. The van der Waals surface area contributed by atoms with E-state index in [1.54, 1.807) is 11.8 Å². The van der Waals surface area contributed by atoms with Gasteiger partial charge in [-0.1, -0.05) is 19.3 Å². The summed E-state index contributed by atoms with van der Waals surface area (Å²) in [6.45, 7) is 0.416. The Kier molecular flexibility index (Phi) is 8.23. The van der Waals surface area contributed by atoms with Crippen LogP contribution in [-0.2, 0) is 9.59 Å². The van der Waals surface area contributed by atoms with Crippen molar-refractivity contribution >= 4 is 35.3 Å². The molecule has 2 fully saturated rings. The van der Waals surface area contributed by atoms with E-state index in [0.717, 1.165) is 24.3 Å². The van der Waals surface area contributed by atoms with E-state index in [0.29, 0.717) is 31.1 Å². The predicted molar refractivity (Wildman–Crippen MR) is 101 cm³/mol. The van der Waals surface area contributed by atoms with E-state index in [4.69, 9.17) is 0 Å². The van der Waals surface area contributed by atoms with Gasteiger partial charge in [0.2, 0.25) is 5.91 Å². The van der Waals surface area contributed by atoms with E-state index in [9.17, 15) is 14.7 Å². The molecule has 1 heterocycles. The molecule has 24 heavy (non-hydrogen) atoms. The number of hydrogen-bond donors (Lipinski definition) is 3. The minimum atomic E-state index is -1.23. The zero-order chi connectivity index (χ0) is 17.4. The molecule has 0 aromatic heterocycles. The largest absolute Gasteiger partial charge is 0.380 e. The first kappa shape index (κ1) is 19.9. The van der Waals surface area contributed by atoms with E-state index in [2.05, 4.69) is 10.6 Å². The lowest BCUT2D eigenvalue weighted by Gasteiger charge is -2.34. The predicted octanol–water partition coefficient (Wildman–Crippen LogP) is 1.79. The Morgan fingerprint density at radius 1 is 1.25 bits per heavy atom. The van der Waals surface area contributed by atoms with E-state index < -0.39 is 5.60 Å². The second kappa shape index (κ2) is 9.92. The van der Waals surface area contributed by atoms with Gasteiger partial charge in [0.15, 0.2) is 0 Å². The zero-order valence-corrected chi connectivity index (χ0v) is 16.1. The Morgan fingerprint density at radius 3 is 2.54 bits per heavy atom. The van der Waals surface area contributed by atoms with Crippen LogP contribution >= 0.6 is 23.5 Å². The minimum Gasteiger partial charge on any atom is -0.380 e. The van der Waals surface area contributed by atoms with Gasteiger partial charge in [0.1, 0.15) is 5.60 Å². The van der Waals surface area contributed by atoms with Gasteiger partial charge in [-0.25, -0.2) is 0 Å². The molecule has 5 nitrogen and oxygen atoms in total. The third-order valence-electron chi connectivity index (χ3n) is 5.07. The highest BCUT2D eigenvalue weighted by Crippen LogP contribution is 2.28. The second-order valence-corrected chi connectivity index (χ2v) is 8.95. The fourth-order valence-electron chi connectivity index (χ4n) is 3.55. The number of thioether (sulfide) groups is 2. The van der Waals surface area contributed by atoms with Gasteiger partial charge in [-0.3, -0.25) is 9.59 Å². The number of rotatable bonds is 7. The van der Waals surface area contributed by atoms with E-state index in [-0.39, 0.29) is 17.9 Å². The second-order valence-electron chi connectivity index (χ2n) is 6.86. The minimum absolute atomic E-state index is 0.0279. The highest BCUT2D eigenvalue weighted by atomic mass is 32.2. The average Bonchev–Trinajstić information content (AvgIpc) is 2.60. The molecule has 1 atom stereocenters. The molecular formula is C17H30N2O3S2. The van der Waals surface area contributed by atoms with Gasteiger partial charge < -0.3 is 15.7 Å². The van der Waals surface area contributed by atoms with Gasteiger partial charge in [0, 0.05) is 12.6 Å². The Bertz CT molecular complexity index is 422. The van der Waals surface area contributed by atoms with Crippen molar-refractivity contribution < 1.29 is 14.7 Å². The third kappa shape index (κ3) is 5.85. The fourth-order valence-corrected chi connectivity index (χ4v) is 5.07. The number of hydrogen-bond acceptors (Lipinski definition) is 5. The van der Waals surface area contributed by atoms with Crippen molar-refractivity contribution in [3.05, 3.63) is 0 Å². The SMILES string of the molecule is CSCC(=O)NC(CNC(=O)C1(O)CCSCC1)C1CCCCC1. The maximum atomic E-state index is 12.4. The normalized spacial score (nSPS) is 22.6. The summed E-state index contributed by atoms with van der Waals surface area (Å²) < 4.78 is 0. The maximum Gasteiger partial charge on any atom is 0.252 e. The van der Waals surface area contributed by atoms with Gasteiger partial charge >= 0.3 is 0 Å². The van der Waals surface area contributed by atoms with Crippen molar-refractivity contribution in [2.24, 2.45) is 5.92 Å². The Labute approximate surface area is 153 Å². The van der Waals surface area contributed by atoms with Crippen LogP contribution in [0.1, 0.15) is 44.9 Å². The summed E-state index contributed by atoms with van der Waals surface area (Å²) in [5.41, 5.74) is -1.23. The van der Waals surface area contributed by atoms with E-state index >= 15 is 0 Å². The first-order valence-electron chi connectivity index (χ1n) is 8.92. The summed E-state index contributed by atoms with van der Waals surface area (Å²) in [5.74, 6) is 2.25. The number of carbonyl (C=O) groups is 2. The first-order chi connectivity index (χ1) is 11.5. The summed E-state index contributed by atoms with van der Waals surface area (Å²) in [7, 11) is 0. The molecule has 1 saturated heterocycles. The quantitative estimate of drug-likeness (QED) is 0.633. The van der Waals surface area contributed by atoms with Crippen LogP contribution in [0.3, 0.4) is 0 Å². The topological polar surface area (TPSA) is 78.4 Å². The van der Waals surface area contributed by atoms with E-state index in [1.807, 2.05) is 6.26 Å². The van der Waals surface area contributed by atoms with Crippen molar-refractivity contribution in [2.75, 3.05) is 30.1 Å². The maximum absolute atomic E-state index is 12.4. The standard InChI is InChI=1S/C17H30N2O3S2/c1-23-12-15(20)19-14(13-5-3-2-4-6-13)11-18-16(21)17(22)7-9-24-10-8-17/h13-14,22H,2-12H2,1H3,(H,18,21)(H,19,20). The lowest BCUT2D eigenvalue weighted by Crippen LogP contribution is -2.54. The van der Waals surface area contributed by atoms with Crippen LogP contribution in [0.15, 0.2) is 0 Å². The van der Waals surface area contributed by atoms with Crippen molar-refractivity contribution in [3.63, 3.8) is 0 Å². The molecule has 1 aliphatic carbocycles. The Hall–Kier alpha value is -0.400. The molecule has 3 N–H and O–H groups in total. The van der Waals surface area contributed by atoms with Gasteiger partial charge in [0.25, 0.3) is 5.91 Å². The van der Waals surface area contributed by atoms with Gasteiger partial charge in [-0.05, 0) is 49.4 Å². The third-order valence-corrected chi connectivity index (χ3v) is 6.60. The summed E-state index contributed by atoms with van der Waals surface area (Å²) >= 11 is 3.28. The fraction of sp³-hybridized carbons (Fsp3) is 0.882. The molecule has 0 aromatic carbocycles. The molecule has 0 aromatic rings. The molecule has 7 heteroatoms. The van der Waals surface area contributed by atoms with Crippen LogP contribution in [-0.4, -0.2) is 58.6 Å². The summed E-state index contributed by atoms with van der Waals surface area (Å²) in [5, 5.41) is 16.5. The van der Waals surface area contributed by atoms with Crippen molar-refractivity contribution in [1.82, 2.24) is 10.6 Å². The van der Waals surface area contributed by atoms with Crippen LogP contribution in [0.2, 0.25) is 0 Å². The average molecular weight is 375 g/mol. The molecule has 138 valence electrons. The molecular weight excluding hydrogens is 344 g/mol. The molecule has 2 amide bonds. The van der Waals surface area contributed by atoms with Crippen LogP contribution in [0.4, 0.5) is 0 Å². The van der Waals surface area contributed by atoms with Crippen LogP contribution in [0.25, 0.3) is 0 Å². The lowest BCUT2D eigenvalue weighted by molar-refractivity contribution is -0.140. The molecule has 1 saturated carbocycles. The molecule has 0 bridgehead atoms. The summed E-state index contributed by atoms with van der Waals surface area (Å²) in [4.78, 5) is 24.4. The molecule has 0 radical (unpaired) electrons. The molecule has 1 aliphatic heterocycles. The smallest absolute Gasteiger partial charge is 0.252 e. The Balaban J connectivity index is 1.91. The number of amides is 2. The Morgan fingerprint density at radius 2 is 1.92 bits per heavy atom. The highest BCUT2D eigenvalue weighted by Gasteiger charge is 2.38. The van der Waals surface area contributed by atoms with Gasteiger partial charge in [-0.15, -0.1) is 0 Å². The zero-order valence-electron chi connectivity index (χ0n) is 14.5. The van der Waals surface area contributed by atoms with Crippen LogP contribution in [0, 0.1) is 5.92 Å². The summed E-state index contributed by atoms with van der Waals surface area (Å²) in [6.07, 6.45) is 8.76. The van der Waals surface area contributed by atoms with Gasteiger partial charge in [0.05, 0.1) is 5.75 Å². The molecule has 1 unspecified atom stereocenters. The lowest BCUT2D eigenvalue weighted by atomic mass is 9.83. The number of aliphatic hydroxyl groups is 1. The number of carbonyl (C=O) groups excluding carboxylic acids is 2. The van der Waals surface area contributed by atoms with Crippen molar-refractivity contribution in [3.8, 4) is 0 Å². The first-order valence-corrected chi connectivity index (χ1v) is 11.5. The molecule has 0 spiro atoms. The highest BCUT2D eigenvalue weighted by molar-refractivity contribution is 7.99. The monoisotopic (exact) mass is 374 g/mol.